The van der Waals surface area contributed by atoms with Gasteiger partial charge in [-0.1, -0.05) is 13.0 Å². The molecule has 2 amide bonds. The molecule has 28 heavy (non-hydrogen) atoms. The first kappa shape index (κ1) is 20.8. The molecular formula is C20H30N2O6. The minimum absolute atomic E-state index is 0.0255. The van der Waals surface area contributed by atoms with Crippen LogP contribution in [0.25, 0.3) is 0 Å². The van der Waals surface area contributed by atoms with Crippen molar-refractivity contribution in [3.05, 3.63) is 12.7 Å². The van der Waals surface area contributed by atoms with Gasteiger partial charge in [0.05, 0.1) is 18.1 Å². The van der Waals surface area contributed by atoms with Crippen molar-refractivity contribution in [3.8, 4) is 0 Å². The van der Waals surface area contributed by atoms with E-state index in [1.165, 1.54) is 4.90 Å². The first-order valence-electron chi connectivity index (χ1n) is 9.96. The Morgan fingerprint density at radius 3 is 2.61 bits per heavy atom. The van der Waals surface area contributed by atoms with E-state index in [1.54, 1.807) is 11.0 Å². The molecule has 5 atom stereocenters. The molecule has 3 rings (SSSR count). The number of aliphatic hydroxyl groups excluding tert-OH is 1. The molecule has 2 bridgehead atoms. The summed E-state index contributed by atoms with van der Waals surface area (Å²) < 4.78 is 6.39. The maximum absolute atomic E-state index is 13.6. The van der Waals surface area contributed by atoms with Gasteiger partial charge < -0.3 is 24.7 Å². The summed E-state index contributed by atoms with van der Waals surface area (Å²) in [4.78, 5) is 41.9. The van der Waals surface area contributed by atoms with Crippen molar-refractivity contribution in [3.63, 3.8) is 0 Å². The molecule has 3 aliphatic rings. The smallest absolute Gasteiger partial charge is 0.310 e. The lowest BCUT2D eigenvalue weighted by Gasteiger charge is -2.38. The van der Waals surface area contributed by atoms with Crippen molar-refractivity contribution in [2.45, 2.75) is 63.3 Å². The van der Waals surface area contributed by atoms with Crippen molar-refractivity contribution in [2.24, 2.45) is 11.8 Å². The van der Waals surface area contributed by atoms with Crippen molar-refractivity contribution in [1.82, 2.24) is 9.80 Å². The van der Waals surface area contributed by atoms with Crippen molar-refractivity contribution in [1.29, 1.82) is 0 Å². The Balaban J connectivity index is 2.10. The Labute approximate surface area is 165 Å². The molecule has 0 aromatic carbocycles. The summed E-state index contributed by atoms with van der Waals surface area (Å²) in [7, 11) is 0. The van der Waals surface area contributed by atoms with Crippen molar-refractivity contribution in [2.75, 3.05) is 19.7 Å². The second-order valence-electron chi connectivity index (χ2n) is 8.30. The Morgan fingerprint density at radius 2 is 2.11 bits per heavy atom. The predicted octanol–water partition coefficient (Wildman–Crippen LogP) is 0.641. The third kappa shape index (κ3) is 2.61. The number of carboxylic acid groups (broad SMARTS) is 1. The zero-order valence-corrected chi connectivity index (χ0v) is 16.8. The van der Waals surface area contributed by atoms with E-state index in [9.17, 15) is 24.6 Å². The van der Waals surface area contributed by atoms with Gasteiger partial charge >= 0.3 is 5.97 Å². The monoisotopic (exact) mass is 394 g/mol. The van der Waals surface area contributed by atoms with E-state index in [4.69, 9.17) is 4.74 Å². The number of carboxylic acids is 1. The summed E-state index contributed by atoms with van der Waals surface area (Å²) in [6.45, 7) is 9.31. The zero-order chi connectivity index (χ0) is 20.9. The largest absolute Gasteiger partial charge is 0.481 e. The highest BCUT2D eigenvalue weighted by Crippen LogP contribution is 2.64. The van der Waals surface area contributed by atoms with Crippen LogP contribution in [0.4, 0.5) is 0 Å². The topological polar surface area (TPSA) is 107 Å². The molecule has 156 valence electrons. The molecule has 8 nitrogen and oxygen atoms in total. The maximum atomic E-state index is 13.6. The van der Waals surface area contributed by atoms with Crippen LogP contribution in [0.2, 0.25) is 0 Å². The lowest BCUT2D eigenvalue weighted by Crippen LogP contribution is -2.57. The van der Waals surface area contributed by atoms with E-state index < -0.39 is 41.0 Å². The average Bonchev–Trinajstić information content (AvgIpc) is 3.24. The fraction of sp³-hybridized carbons (Fsp3) is 0.750. The second-order valence-corrected chi connectivity index (χ2v) is 8.30. The number of hydrogen-bond acceptors (Lipinski definition) is 5. The first-order chi connectivity index (χ1) is 13.2. The first-order valence-corrected chi connectivity index (χ1v) is 9.96. The number of rotatable bonds is 8. The summed E-state index contributed by atoms with van der Waals surface area (Å²) in [5, 5.41) is 19.4. The Kier molecular flexibility index (Phi) is 5.31. The van der Waals surface area contributed by atoms with Crippen LogP contribution < -0.4 is 0 Å². The van der Waals surface area contributed by atoms with Crippen LogP contribution in [-0.4, -0.2) is 80.8 Å². The zero-order valence-electron chi connectivity index (χ0n) is 16.8. The summed E-state index contributed by atoms with van der Waals surface area (Å²) in [5.74, 6) is -3.64. The summed E-state index contributed by atoms with van der Waals surface area (Å²) in [5.41, 5.74) is -2.08. The van der Waals surface area contributed by atoms with Gasteiger partial charge in [-0.05, 0) is 33.1 Å². The van der Waals surface area contributed by atoms with Gasteiger partial charge in [0.1, 0.15) is 17.6 Å². The molecule has 0 aliphatic carbocycles. The Morgan fingerprint density at radius 1 is 1.43 bits per heavy atom. The molecular weight excluding hydrogens is 364 g/mol. The number of likely N-dealkylation sites (tertiary alicyclic amines) is 1. The highest BCUT2D eigenvalue weighted by atomic mass is 16.5. The quantitative estimate of drug-likeness (QED) is 0.585. The van der Waals surface area contributed by atoms with E-state index in [0.717, 1.165) is 0 Å². The summed E-state index contributed by atoms with van der Waals surface area (Å²) in [6, 6.07) is -1.06. The number of aliphatic carboxylic acids is 1. The van der Waals surface area contributed by atoms with E-state index in [0.29, 0.717) is 25.8 Å². The maximum Gasteiger partial charge on any atom is 0.310 e. The number of carbonyl (C=O) groups is 3. The van der Waals surface area contributed by atoms with Gasteiger partial charge in [0.15, 0.2) is 0 Å². The molecule has 1 spiro atoms. The second kappa shape index (κ2) is 7.15. The molecule has 3 saturated heterocycles. The van der Waals surface area contributed by atoms with Gasteiger partial charge in [-0.2, -0.15) is 0 Å². The normalized spacial score (nSPS) is 36.1. The van der Waals surface area contributed by atoms with Gasteiger partial charge in [-0.15, -0.1) is 6.58 Å². The Hall–Kier alpha value is -1.93. The molecule has 0 saturated carbocycles. The summed E-state index contributed by atoms with van der Waals surface area (Å²) in [6.07, 6.45) is 3.06. The molecule has 3 heterocycles. The van der Waals surface area contributed by atoms with Gasteiger partial charge in [0.25, 0.3) is 0 Å². The number of fused-ring (bicyclic) bond motifs is 1. The van der Waals surface area contributed by atoms with Crippen LogP contribution in [0.15, 0.2) is 12.7 Å². The standard InChI is InChI=1S/C20H30N2O6/c1-5-9-21(12(3)4)17(25)15-20-8-7-19(6-2,28-20)14(18(26)27)13(20)16(24)22(15)10-11-23/h5,12-15,23H,1,6-11H2,2-4H3,(H,26,27)/t13-,14+,15?,19-,20?/m0/s1. The SMILES string of the molecule is C=CCN(C(=O)C1N(CCO)C(=O)[C@@H]2[C@H](C(=O)O)[C@]3(CC)CCC12O3)C(C)C. The van der Waals surface area contributed by atoms with Crippen molar-refractivity contribution >= 4 is 17.8 Å². The summed E-state index contributed by atoms with van der Waals surface area (Å²) >= 11 is 0. The lowest BCUT2D eigenvalue weighted by molar-refractivity contribution is -0.158. The van der Waals surface area contributed by atoms with Gasteiger partial charge in [0.2, 0.25) is 11.8 Å². The number of nitrogens with zero attached hydrogens (tertiary/aromatic N) is 2. The highest BCUT2D eigenvalue weighted by Gasteiger charge is 2.79. The minimum atomic E-state index is -1.16. The molecule has 0 radical (unpaired) electrons. The number of hydrogen-bond donors (Lipinski definition) is 2. The van der Waals surface area contributed by atoms with Crippen LogP contribution >= 0.6 is 0 Å². The van der Waals surface area contributed by atoms with E-state index in [-0.39, 0.29) is 25.1 Å². The van der Waals surface area contributed by atoms with E-state index in [1.807, 2.05) is 20.8 Å². The molecule has 8 heteroatoms. The minimum Gasteiger partial charge on any atom is -0.481 e. The predicted molar refractivity (Wildman–Crippen MR) is 100 cm³/mol. The molecule has 2 unspecified atom stereocenters. The van der Waals surface area contributed by atoms with Gasteiger partial charge in [-0.25, -0.2) is 0 Å². The van der Waals surface area contributed by atoms with Gasteiger partial charge in [-0.3, -0.25) is 14.4 Å². The molecule has 3 fully saturated rings. The number of amides is 2. The average molecular weight is 394 g/mol. The van der Waals surface area contributed by atoms with Crippen LogP contribution in [0, 0.1) is 11.8 Å². The molecule has 0 aromatic heterocycles. The van der Waals surface area contributed by atoms with Crippen LogP contribution in [0.5, 0.6) is 0 Å². The number of aliphatic hydroxyl groups is 1. The van der Waals surface area contributed by atoms with Gasteiger partial charge in [0, 0.05) is 19.1 Å². The molecule has 3 aliphatic heterocycles. The van der Waals surface area contributed by atoms with E-state index >= 15 is 0 Å². The fourth-order valence-electron chi connectivity index (χ4n) is 5.57. The third-order valence-corrected chi connectivity index (χ3v) is 6.75. The van der Waals surface area contributed by atoms with Crippen molar-refractivity contribution < 1.29 is 29.3 Å². The highest BCUT2D eigenvalue weighted by molar-refractivity contribution is 5.98. The van der Waals surface area contributed by atoms with E-state index in [2.05, 4.69) is 6.58 Å². The fourth-order valence-corrected chi connectivity index (χ4v) is 5.57. The Bertz CT molecular complexity index is 694. The molecule has 2 N–H and O–H groups in total. The molecule has 0 aromatic rings. The lowest BCUT2D eigenvalue weighted by atomic mass is 9.65. The number of β-amino-alcohol motifs (C(OH)–C–C–N with tert-alkyl or cyclic N) is 1. The number of ether oxygens (including phenoxy) is 1. The third-order valence-electron chi connectivity index (χ3n) is 6.75. The number of carbonyl (C=O) groups excluding carboxylic acids is 2. The van der Waals surface area contributed by atoms with Crippen LogP contribution in [0.3, 0.4) is 0 Å². The van der Waals surface area contributed by atoms with Crippen LogP contribution in [-0.2, 0) is 19.1 Å². The van der Waals surface area contributed by atoms with Crippen LogP contribution in [0.1, 0.15) is 40.0 Å².